The van der Waals surface area contributed by atoms with Crippen molar-refractivity contribution < 1.29 is 0 Å². The molecule has 1 aliphatic heterocycles. The summed E-state index contributed by atoms with van der Waals surface area (Å²) in [5.41, 5.74) is 1.07. The number of nitrogens with zero attached hydrogens (tertiary/aromatic N) is 1. The number of rotatable bonds is 2. The smallest absolute Gasteiger partial charge is 0.00133 e. The van der Waals surface area contributed by atoms with Gasteiger partial charge in [0.1, 0.15) is 0 Å². The molecule has 0 unspecified atom stereocenters. The van der Waals surface area contributed by atoms with Gasteiger partial charge in [-0.1, -0.05) is 34.6 Å². The molecule has 14 heavy (non-hydrogen) atoms. The second-order valence-electron chi connectivity index (χ2n) is 5.82. The molecule has 0 aromatic rings. The molecule has 1 nitrogen and oxygen atoms in total. The van der Waals surface area contributed by atoms with E-state index < -0.39 is 0 Å². The van der Waals surface area contributed by atoms with Gasteiger partial charge >= 0.3 is 0 Å². The van der Waals surface area contributed by atoms with E-state index in [2.05, 4.69) is 39.5 Å². The van der Waals surface area contributed by atoms with Gasteiger partial charge in [0, 0.05) is 0 Å². The van der Waals surface area contributed by atoms with Crippen LogP contribution in [0.1, 0.15) is 53.9 Å². The van der Waals surface area contributed by atoms with E-state index in [0.29, 0.717) is 10.8 Å². The first-order chi connectivity index (χ1) is 6.45. The van der Waals surface area contributed by atoms with Crippen molar-refractivity contribution in [2.45, 2.75) is 53.9 Å². The minimum absolute atomic E-state index is 0.474. The molecule has 0 saturated carbocycles. The summed E-state index contributed by atoms with van der Waals surface area (Å²) in [6.07, 6.45) is 4.12. The first kappa shape index (κ1) is 12.0. The van der Waals surface area contributed by atoms with Gasteiger partial charge in [-0.05, 0) is 49.7 Å². The van der Waals surface area contributed by atoms with E-state index in [1.54, 1.807) is 0 Å². The van der Waals surface area contributed by atoms with Crippen LogP contribution in [0.5, 0.6) is 0 Å². The molecule has 0 aromatic carbocycles. The summed E-state index contributed by atoms with van der Waals surface area (Å²) in [4.78, 5) is 2.58. The average Bonchev–Trinajstić information content (AvgIpc) is 2.16. The number of hydrogen-bond acceptors (Lipinski definition) is 1. The van der Waals surface area contributed by atoms with E-state index in [4.69, 9.17) is 0 Å². The molecule has 1 heterocycles. The van der Waals surface area contributed by atoms with Crippen molar-refractivity contribution in [1.82, 2.24) is 4.90 Å². The molecule has 0 bridgehead atoms. The lowest BCUT2D eigenvalue weighted by molar-refractivity contribution is 0.00375. The van der Waals surface area contributed by atoms with Crippen molar-refractivity contribution in [1.29, 1.82) is 0 Å². The van der Waals surface area contributed by atoms with Crippen LogP contribution < -0.4 is 0 Å². The number of piperidine rings is 1. The van der Waals surface area contributed by atoms with Crippen LogP contribution in [0.25, 0.3) is 0 Å². The standard InChI is InChI=1S/C13H27N/c1-6-13(12(3,4)5)8-10-14(7-2)11-9-13/h6-11H2,1-5H3. The Morgan fingerprint density at radius 1 is 1.07 bits per heavy atom. The molecule has 0 N–H and O–H groups in total. The molecule has 0 radical (unpaired) electrons. The van der Waals surface area contributed by atoms with Gasteiger partial charge in [0.05, 0.1) is 0 Å². The lowest BCUT2D eigenvalue weighted by atomic mass is 9.60. The number of likely N-dealkylation sites (tertiary alicyclic amines) is 1. The fourth-order valence-electron chi connectivity index (χ4n) is 2.93. The van der Waals surface area contributed by atoms with Gasteiger partial charge in [-0.15, -0.1) is 0 Å². The maximum atomic E-state index is 2.58. The molecule has 0 spiro atoms. The van der Waals surface area contributed by atoms with E-state index in [1.165, 1.54) is 38.9 Å². The van der Waals surface area contributed by atoms with E-state index in [-0.39, 0.29) is 0 Å². The second-order valence-corrected chi connectivity index (χ2v) is 5.82. The highest BCUT2D eigenvalue weighted by atomic mass is 15.1. The van der Waals surface area contributed by atoms with Gasteiger partial charge < -0.3 is 4.90 Å². The molecule has 0 aromatic heterocycles. The van der Waals surface area contributed by atoms with Gasteiger partial charge in [-0.2, -0.15) is 0 Å². The van der Waals surface area contributed by atoms with Crippen LogP contribution in [-0.4, -0.2) is 24.5 Å². The van der Waals surface area contributed by atoms with E-state index in [1.807, 2.05) is 0 Å². The highest BCUT2D eigenvalue weighted by Crippen LogP contribution is 2.49. The lowest BCUT2D eigenvalue weighted by Crippen LogP contribution is -2.46. The fourth-order valence-corrected chi connectivity index (χ4v) is 2.93. The van der Waals surface area contributed by atoms with Gasteiger partial charge in [-0.3, -0.25) is 0 Å². The van der Waals surface area contributed by atoms with Crippen molar-refractivity contribution in [3.8, 4) is 0 Å². The topological polar surface area (TPSA) is 3.24 Å². The van der Waals surface area contributed by atoms with Crippen molar-refractivity contribution >= 4 is 0 Å². The Hall–Kier alpha value is -0.0400. The van der Waals surface area contributed by atoms with Crippen LogP contribution in [0.15, 0.2) is 0 Å². The monoisotopic (exact) mass is 197 g/mol. The normalized spacial score (nSPS) is 23.8. The molecule has 1 saturated heterocycles. The highest BCUT2D eigenvalue weighted by molar-refractivity contribution is 4.93. The molecule has 1 fully saturated rings. The van der Waals surface area contributed by atoms with Crippen LogP contribution in [0, 0.1) is 10.8 Å². The number of hydrogen-bond donors (Lipinski definition) is 0. The largest absolute Gasteiger partial charge is 0.304 e. The summed E-state index contributed by atoms with van der Waals surface area (Å²) < 4.78 is 0. The van der Waals surface area contributed by atoms with Crippen molar-refractivity contribution in [3.05, 3.63) is 0 Å². The quantitative estimate of drug-likeness (QED) is 0.654. The van der Waals surface area contributed by atoms with Gasteiger partial charge in [0.15, 0.2) is 0 Å². The molecule has 84 valence electrons. The predicted octanol–water partition coefficient (Wildman–Crippen LogP) is 3.54. The Morgan fingerprint density at radius 3 is 1.86 bits per heavy atom. The first-order valence-corrected chi connectivity index (χ1v) is 6.17. The van der Waals surface area contributed by atoms with E-state index in [9.17, 15) is 0 Å². The Kier molecular flexibility index (Phi) is 3.63. The summed E-state index contributed by atoms with van der Waals surface area (Å²) in [6.45, 7) is 15.7. The first-order valence-electron chi connectivity index (χ1n) is 6.17. The summed E-state index contributed by atoms with van der Waals surface area (Å²) in [5, 5.41) is 0. The zero-order valence-electron chi connectivity index (χ0n) is 10.7. The second kappa shape index (κ2) is 4.22. The van der Waals surface area contributed by atoms with Crippen molar-refractivity contribution in [2.75, 3.05) is 19.6 Å². The molecule has 1 rings (SSSR count). The summed E-state index contributed by atoms with van der Waals surface area (Å²) in [5.74, 6) is 0. The third kappa shape index (κ3) is 2.13. The molecule has 0 aliphatic carbocycles. The van der Waals surface area contributed by atoms with Gasteiger partial charge in [-0.25, -0.2) is 0 Å². The third-order valence-electron chi connectivity index (χ3n) is 4.53. The van der Waals surface area contributed by atoms with Crippen LogP contribution in [0.2, 0.25) is 0 Å². The summed E-state index contributed by atoms with van der Waals surface area (Å²) in [6, 6.07) is 0. The maximum absolute atomic E-state index is 2.58. The lowest BCUT2D eigenvalue weighted by Gasteiger charge is -2.49. The van der Waals surface area contributed by atoms with E-state index in [0.717, 1.165) is 0 Å². The third-order valence-corrected chi connectivity index (χ3v) is 4.53. The molecule has 1 aliphatic rings. The maximum Gasteiger partial charge on any atom is -0.00133 e. The van der Waals surface area contributed by atoms with Gasteiger partial charge in [0.25, 0.3) is 0 Å². The summed E-state index contributed by atoms with van der Waals surface area (Å²) in [7, 11) is 0. The minimum atomic E-state index is 0.474. The Balaban J connectivity index is 2.66. The molecular formula is C13H27N. The molecule has 0 amide bonds. The van der Waals surface area contributed by atoms with Crippen molar-refractivity contribution in [3.63, 3.8) is 0 Å². The Morgan fingerprint density at radius 2 is 1.57 bits per heavy atom. The SMILES string of the molecule is CCN1CCC(CC)(C(C)(C)C)CC1. The predicted molar refractivity (Wildman–Crippen MR) is 63.5 cm³/mol. The Bertz CT molecular complexity index is 170. The highest BCUT2D eigenvalue weighted by Gasteiger charge is 2.41. The molecular weight excluding hydrogens is 170 g/mol. The minimum Gasteiger partial charge on any atom is -0.304 e. The van der Waals surface area contributed by atoms with Gasteiger partial charge in [0.2, 0.25) is 0 Å². The molecule has 1 heteroatoms. The molecule has 0 atom stereocenters. The fraction of sp³-hybridized carbons (Fsp3) is 1.00. The van der Waals surface area contributed by atoms with Crippen LogP contribution >= 0.6 is 0 Å². The Labute approximate surface area is 89.9 Å². The summed E-state index contributed by atoms with van der Waals surface area (Å²) >= 11 is 0. The van der Waals surface area contributed by atoms with Crippen LogP contribution in [0.3, 0.4) is 0 Å². The van der Waals surface area contributed by atoms with Crippen molar-refractivity contribution in [2.24, 2.45) is 10.8 Å². The van der Waals surface area contributed by atoms with Crippen LogP contribution in [0.4, 0.5) is 0 Å². The van der Waals surface area contributed by atoms with E-state index >= 15 is 0 Å². The average molecular weight is 197 g/mol. The zero-order chi connectivity index (χ0) is 10.8. The zero-order valence-corrected chi connectivity index (χ0v) is 10.7. The van der Waals surface area contributed by atoms with Crippen LogP contribution in [-0.2, 0) is 0 Å².